The van der Waals surface area contributed by atoms with E-state index >= 15 is 0 Å². The fraction of sp³-hybridized carbons (Fsp3) is 0.812. The fourth-order valence-corrected chi connectivity index (χ4v) is 2.58. The number of carboxylic acids is 1. The fourth-order valence-electron chi connectivity index (χ4n) is 2.58. The van der Waals surface area contributed by atoms with Crippen LogP contribution in [0.2, 0.25) is 0 Å². The Bertz CT molecular complexity index is 390. The molecule has 1 rings (SSSR count). The molecule has 0 aliphatic heterocycles. The summed E-state index contributed by atoms with van der Waals surface area (Å²) in [6.45, 7) is 2.59. The topological polar surface area (TPSA) is 102 Å². The van der Waals surface area contributed by atoms with Crippen LogP contribution in [0.5, 0.6) is 0 Å². The molecule has 1 aliphatic rings. The van der Waals surface area contributed by atoms with Gasteiger partial charge in [0.15, 0.2) is 0 Å². The number of carbonyl (C=O) groups is 3. The van der Waals surface area contributed by atoms with Gasteiger partial charge in [-0.1, -0.05) is 13.3 Å². The van der Waals surface area contributed by atoms with Gasteiger partial charge in [0.2, 0.25) is 0 Å². The summed E-state index contributed by atoms with van der Waals surface area (Å²) in [5, 5.41) is 11.6. The first kappa shape index (κ1) is 19.3. The summed E-state index contributed by atoms with van der Waals surface area (Å²) in [5.74, 6) is -0.957. The minimum Gasteiger partial charge on any atom is -0.481 e. The molecule has 1 amide bonds. The molecular weight excluding hydrogens is 302 g/mol. The highest BCUT2D eigenvalue weighted by Gasteiger charge is 2.26. The molecule has 0 aromatic carbocycles. The molecule has 2 N–H and O–H groups in total. The second-order valence-corrected chi connectivity index (χ2v) is 5.90. The SMILES string of the molecule is CCCCC(=O)OCCOC(=O)NCC1CCC(C(=O)O)CC1. The molecule has 1 aliphatic carbocycles. The highest BCUT2D eigenvalue weighted by Crippen LogP contribution is 2.28. The molecule has 132 valence electrons. The predicted octanol–water partition coefficient (Wildman–Crippen LogP) is 2.34. The van der Waals surface area contributed by atoms with Crippen LogP contribution in [-0.2, 0) is 19.1 Å². The first-order valence-corrected chi connectivity index (χ1v) is 8.32. The number of rotatable bonds is 9. The van der Waals surface area contributed by atoms with Gasteiger partial charge in [0, 0.05) is 13.0 Å². The van der Waals surface area contributed by atoms with Crippen molar-refractivity contribution in [2.24, 2.45) is 11.8 Å². The molecule has 7 nitrogen and oxygen atoms in total. The monoisotopic (exact) mass is 329 g/mol. The third kappa shape index (κ3) is 8.42. The standard InChI is InChI=1S/C16H27NO6/c1-2-3-4-14(18)22-9-10-23-16(21)17-11-12-5-7-13(8-6-12)15(19)20/h12-13H,2-11H2,1H3,(H,17,21)(H,19,20). The van der Waals surface area contributed by atoms with Crippen LogP contribution < -0.4 is 5.32 Å². The number of amides is 1. The molecule has 0 spiro atoms. The van der Waals surface area contributed by atoms with Crippen LogP contribution in [0.4, 0.5) is 4.79 Å². The predicted molar refractivity (Wildman–Crippen MR) is 82.9 cm³/mol. The Morgan fingerprint density at radius 2 is 1.74 bits per heavy atom. The van der Waals surface area contributed by atoms with E-state index in [9.17, 15) is 14.4 Å². The molecule has 23 heavy (non-hydrogen) atoms. The van der Waals surface area contributed by atoms with Crippen molar-refractivity contribution in [2.75, 3.05) is 19.8 Å². The van der Waals surface area contributed by atoms with E-state index in [0.29, 0.717) is 31.7 Å². The normalized spacial score (nSPS) is 20.6. The van der Waals surface area contributed by atoms with Gasteiger partial charge in [-0.3, -0.25) is 9.59 Å². The first-order valence-electron chi connectivity index (χ1n) is 8.32. The molecule has 1 saturated carbocycles. The van der Waals surface area contributed by atoms with Gasteiger partial charge >= 0.3 is 18.0 Å². The Morgan fingerprint density at radius 1 is 1.09 bits per heavy atom. The molecule has 0 atom stereocenters. The molecule has 0 aromatic rings. The Labute approximate surface area is 136 Å². The number of nitrogens with one attached hydrogen (secondary N) is 1. The summed E-state index contributed by atoms with van der Waals surface area (Å²) >= 11 is 0. The number of unbranched alkanes of at least 4 members (excludes halogenated alkanes) is 1. The lowest BCUT2D eigenvalue weighted by molar-refractivity contribution is -0.145. The van der Waals surface area contributed by atoms with Crippen LogP contribution in [-0.4, -0.2) is 42.9 Å². The molecule has 0 heterocycles. The van der Waals surface area contributed by atoms with Gasteiger partial charge in [-0.15, -0.1) is 0 Å². The van der Waals surface area contributed by atoms with Gasteiger partial charge in [-0.25, -0.2) is 4.79 Å². The van der Waals surface area contributed by atoms with E-state index in [1.807, 2.05) is 6.92 Å². The maximum absolute atomic E-state index is 11.5. The number of aliphatic carboxylic acids is 1. The Morgan fingerprint density at radius 3 is 2.35 bits per heavy atom. The van der Waals surface area contributed by atoms with Crippen LogP contribution in [0.25, 0.3) is 0 Å². The average Bonchev–Trinajstić information content (AvgIpc) is 2.55. The lowest BCUT2D eigenvalue weighted by atomic mass is 9.82. The van der Waals surface area contributed by atoms with E-state index in [0.717, 1.165) is 25.7 Å². The number of esters is 1. The van der Waals surface area contributed by atoms with Gasteiger partial charge in [-0.2, -0.15) is 0 Å². The Kier molecular flexibility index (Phi) is 9.09. The number of carboxylic acid groups (broad SMARTS) is 1. The molecule has 0 saturated heterocycles. The van der Waals surface area contributed by atoms with Crippen molar-refractivity contribution in [3.05, 3.63) is 0 Å². The highest BCUT2D eigenvalue weighted by atomic mass is 16.6. The van der Waals surface area contributed by atoms with Crippen molar-refractivity contribution >= 4 is 18.0 Å². The van der Waals surface area contributed by atoms with Crippen molar-refractivity contribution in [2.45, 2.75) is 51.9 Å². The van der Waals surface area contributed by atoms with Crippen molar-refractivity contribution in [1.29, 1.82) is 0 Å². The van der Waals surface area contributed by atoms with Crippen LogP contribution in [0, 0.1) is 11.8 Å². The van der Waals surface area contributed by atoms with Crippen LogP contribution >= 0.6 is 0 Å². The lowest BCUT2D eigenvalue weighted by Gasteiger charge is -2.25. The maximum atomic E-state index is 11.5. The summed E-state index contributed by atoms with van der Waals surface area (Å²) in [7, 11) is 0. The zero-order chi connectivity index (χ0) is 17.1. The lowest BCUT2D eigenvalue weighted by Crippen LogP contribution is -2.33. The number of carbonyl (C=O) groups excluding carboxylic acids is 2. The van der Waals surface area contributed by atoms with E-state index in [2.05, 4.69) is 5.32 Å². The van der Waals surface area contributed by atoms with Crippen molar-refractivity contribution in [3.8, 4) is 0 Å². The summed E-state index contributed by atoms with van der Waals surface area (Å²) in [6.07, 6.45) is 4.50. The van der Waals surface area contributed by atoms with E-state index in [4.69, 9.17) is 14.6 Å². The summed E-state index contributed by atoms with van der Waals surface area (Å²) in [6, 6.07) is 0. The molecule has 0 bridgehead atoms. The van der Waals surface area contributed by atoms with Gasteiger partial charge in [0.05, 0.1) is 5.92 Å². The number of ether oxygens (including phenoxy) is 2. The summed E-state index contributed by atoms with van der Waals surface area (Å²) in [4.78, 5) is 33.6. The van der Waals surface area contributed by atoms with E-state index in [1.54, 1.807) is 0 Å². The second-order valence-electron chi connectivity index (χ2n) is 5.90. The Balaban J connectivity index is 2.02. The molecule has 7 heteroatoms. The second kappa shape index (κ2) is 10.9. The largest absolute Gasteiger partial charge is 0.481 e. The average molecular weight is 329 g/mol. The molecule has 0 radical (unpaired) electrons. The van der Waals surface area contributed by atoms with Gasteiger partial charge in [0.25, 0.3) is 0 Å². The molecule has 0 unspecified atom stereocenters. The highest BCUT2D eigenvalue weighted by molar-refractivity contribution is 5.70. The third-order valence-electron chi connectivity index (χ3n) is 4.05. The first-order chi connectivity index (χ1) is 11.0. The zero-order valence-corrected chi connectivity index (χ0v) is 13.7. The number of hydrogen-bond acceptors (Lipinski definition) is 5. The van der Waals surface area contributed by atoms with Gasteiger partial charge < -0.3 is 19.9 Å². The zero-order valence-electron chi connectivity index (χ0n) is 13.7. The van der Waals surface area contributed by atoms with Gasteiger partial charge in [0.1, 0.15) is 13.2 Å². The molecule has 1 fully saturated rings. The minimum absolute atomic E-state index is 0.0372. The minimum atomic E-state index is -0.732. The van der Waals surface area contributed by atoms with Crippen LogP contribution in [0.3, 0.4) is 0 Å². The molecule has 0 aromatic heterocycles. The summed E-state index contributed by atoms with van der Waals surface area (Å²) < 4.78 is 9.85. The number of hydrogen-bond donors (Lipinski definition) is 2. The molecular formula is C16H27NO6. The van der Waals surface area contributed by atoms with Gasteiger partial charge in [-0.05, 0) is 38.0 Å². The Hall–Kier alpha value is -1.79. The van der Waals surface area contributed by atoms with E-state index in [1.165, 1.54) is 0 Å². The number of alkyl carbamates (subject to hydrolysis) is 1. The summed E-state index contributed by atoms with van der Waals surface area (Å²) in [5.41, 5.74) is 0. The van der Waals surface area contributed by atoms with Crippen molar-refractivity contribution < 1.29 is 29.0 Å². The van der Waals surface area contributed by atoms with Crippen molar-refractivity contribution in [1.82, 2.24) is 5.32 Å². The van der Waals surface area contributed by atoms with E-state index < -0.39 is 12.1 Å². The van der Waals surface area contributed by atoms with E-state index in [-0.39, 0.29) is 25.1 Å². The van der Waals surface area contributed by atoms with Crippen molar-refractivity contribution in [3.63, 3.8) is 0 Å². The quantitative estimate of drug-likeness (QED) is 0.497. The van der Waals surface area contributed by atoms with Crippen LogP contribution in [0.15, 0.2) is 0 Å². The smallest absolute Gasteiger partial charge is 0.407 e. The van der Waals surface area contributed by atoms with Crippen LogP contribution in [0.1, 0.15) is 51.9 Å². The third-order valence-corrected chi connectivity index (χ3v) is 4.05. The maximum Gasteiger partial charge on any atom is 0.407 e.